The second kappa shape index (κ2) is 7.94. The highest BCUT2D eigenvalue weighted by atomic mass is 35.5. The van der Waals surface area contributed by atoms with Gasteiger partial charge in [-0.3, -0.25) is 9.69 Å². The van der Waals surface area contributed by atoms with Gasteiger partial charge in [0.1, 0.15) is 5.82 Å². The van der Waals surface area contributed by atoms with Crippen molar-refractivity contribution in [3.63, 3.8) is 0 Å². The maximum Gasteiger partial charge on any atom is 0.238 e. The summed E-state index contributed by atoms with van der Waals surface area (Å²) in [4.78, 5) is 22.8. The highest BCUT2D eigenvalue weighted by molar-refractivity contribution is 6.30. The van der Waals surface area contributed by atoms with Crippen molar-refractivity contribution in [2.45, 2.75) is 32.6 Å². The number of amides is 1. The maximum atomic E-state index is 12.3. The molecule has 1 aliphatic heterocycles. The van der Waals surface area contributed by atoms with Crippen molar-refractivity contribution in [3.05, 3.63) is 58.4 Å². The molecule has 2 N–H and O–H groups in total. The van der Waals surface area contributed by atoms with Gasteiger partial charge in [0.05, 0.1) is 17.6 Å². The zero-order valence-electron chi connectivity index (χ0n) is 16.3. The molecule has 1 fully saturated rings. The molecule has 1 aliphatic rings. The second-order valence-electron chi connectivity index (χ2n) is 7.68. The van der Waals surface area contributed by atoms with Crippen LogP contribution >= 0.6 is 11.6 Å². The van der Waals surface area contributed by atoms with Crippen LogP contribution in [0.5, 0.6) is 0 Å². The number of aromatic nitrogens is 2. The predicted molar refractivity (Wildman–Crippen MR) is 114 cm³/mol. The molecule has 4 rings (SSSR count). The fourth-order valence-corrected chi connectivity index (χ4v) is 4.01. The molecular weight excluding hydrogens is 372 g/mol. The molecule has 0 saturated carbocycles. The number of carbonyl (C=O) groups is 1. The van der Waals surface area contributed by atoms with Crippen LogP contribution in [0, 0.1) is 13.8 Å². The summed E-state index contributed by atoms with van der Waals surface area (Å²) in [5.41, 5.74) is 5.44. The number of fused-ring (bicyclic) bond motifs is 1. The van der Waals surface area contributed by atoms with Crippen LogP contribution < -0.4 is 5.32 Å². The number of aryl methyl sites for hydroxylation is 2. The van der Waals surface area contributed by atoms with Crippen molar-refractivity contribution < 1.29 is 4.79 Å². The summed E-state index contributed by atoms with van der Waals surface area (Å²) < 4.78 is 0. The summed E-state index contributed by atoms with van der Waals surface area (Å²) >= 11 is 5.97. The van der Waals surface area contributed by atoms with E-state index in [4.69, 9.17) is 16.6 Å². The van der Waals surface area contributed by atoms with Crippen LogP contribution in [0.4, 0.5) is 5.69 Å². The van der Waals surface area contributed by atoms with Crippen molar-refractivity contribution >= 4 is 34.2 Å². The van der Waals surface area contributed by atoms with Gasteiger partial charge in [-0.2, -0.15) is 0 Å². The van der Waals surface area contributed by atoms with Gasteiger partial charge in [-0.05, 0) is 81.2 Å². The average molecular weight is 397 g/mol. The monoisotopic (exact) mass is 396 g/mol. The number of carbonyl (C=O) groups excluding carboxylic acids is 1. The van der Waals surface area contributed by atoms with Crippen LogP contribution in [-0.2, 0) is 4.79 Å². The third-order valence-electron chi connectivity index (χ3n) is 5.57. The lowest BCUT2D eigenvalue weighted by Gasteiger charge is -2.30. The van der Waals surface area contributed by atoms with Crippen LogP contribution in [0.25, 0.3) is 11.0 Å². The molecule has 1 amide bonds. The number of imidazole rings is 1. The molecule has 5 nitrogen and oxygen atoms in total. The first-order chi connectivity index (χ1) is 13.5. The Labute approximate surface area is 170 Å². The van der Waals surface area contributed by atoms with Gasteiger partial charge < -0.3 is 10.3 Å². The van der Waals surface area contributed by atoms with E-state index in [0.29, 0.717) is 17.5 Å². The Morgan fingerprint density at radius 2 is 1.96 bits per heavy atom. The molecule has 146 valence electrons. The van der Waals surface area contributed by atoms with Gasteiger partial charge in [-0.1, -0.05) is 17.7 Å². The molecule has 0 radical (unpaired) electrons. The predicted octanol–water partition coefficient (Wildman–Crippen LogP) is 4.65. The van der Waals surface area contributed by atoms with Crippen LogP contribution in [0.1, 0.15) is 35.7 Å². The zero-order valence-corrected chi connectivity index (χ0v) is 17.0. The molecule has 1 aromatic heterocycles. The number of H-pyrrole nitrogens is 1. The van der Waals surface area contributed by atoms with Gasteiger partial charge in [-0.25, -0.2) is 4.98 Å². The summed E-state index contributed by atoms with van der Waals surface area (Å²) in [6, 6.07) is 11.6. The molecular formula is C22H25ClN4O. The lowest BCUT2D eigenvalue weighted by atomic mass is 9.96. The average Bonchev–Trinajstić information content (AvgIpc) is 3.05. The molecule has 0 bridgehead atoms. The Kier molecular flexibility index (Phi) is 5.38. The van der Waals surface area contributed by atoms with Gasteiger partial charge in [-0.15, -0.1) is 0 Å². The SMILES string of the molecule is Cc1cc2nc(C3CCN(CC(=O)Nc4cccc(Cl)c4)CC3)[nH]c2cc1C. The summed E-state index contributed by atoms with van der Waals surface area (Å²) in [7, 11) is 0. The molecule has 28 heavy (non-hydrogen) atoms. The number of piperidine rings is 1. The largest absolute Gasteiger partial charge is 0.342 e. The number of rotatable bonds is 4. The molecule has 0 spiro atoms. The number of anilines is 1. The van der Waals surface area contributed by atoms with Crippen molar-refractivity contribution in [1.29, 1.82) is 0 Å². The highest BCUT2D eigenvalue weighted by Gasteiger charge is 2.24. The topological polar surface area (TPSA) is 61.0 Å². The van der Waals surface area contributed by atoms with Crippen LogP contribution in [0.15, 0.2) is 36.4 Å². The van der Waals surface area contributed by atoms with Gasteiger partial charge in [0, 0.05) is 16.6 Å². The Morgan fingerprint density at radius 3 is 2.71 bits per heavy atom. The number of hydrogen-bond acceptors (Lipinski definition) is 3. The Bertz CT molecular complexity index is 966. The maximum absolute atomic E-state index is 12.3. The van der Waals surface area contributed by atoms with Crippen LogP contribution in [0.3, 0.4) is 0 Å². The molecule has 3 aromatic rings. The highest BCUT2D eigenvalue weighted by Crippen LogP contribution is 2.28. The summed E-state index contributed by atoms with van der Waals surface area (Å²) in [6.07, 6.45) is 2.00. The molecule has 0 aliphatic carbocycles. The van der Waals surface area contributed by atoms with Crippen LogP contribution in [-0.4, -0.2) is 40.4 Å². The quantitative estimate of drug-likeness (QED) is 0.674. The summed E-state index contributed by atoms with van der Waals surface area (Å²) in [5.74, 6) is 1.48. The van der Waals surface area contributed by atoms with E-state index < -0.39 is 0 Å². The molecule has 1 saturated heterocycles. The van der Waals surface area contributed by atoms with Crippen molar-refractivity contribution in [1.82, 2.24) is 14.9 Å². The zero-order chi connectivity index (χ0) is 19.7. The molecule has 2 heterocycles. The van der Waals surface area contributed by atoms with Crippen molar-refractivity contribution in [3.8, 4) is 0 Å². The minimum Gasteiger partial charge on any atom is -0.342 e. The van der Waals surface area contributed by atoms with Gasteiger partial charge in [0.15, 0.2) is 0 Å². The fraction of sp³-hybridized carbons (Fsp3) is 0.364. The van der Waals surface area contributed by atoms with E-state index in [2.05, 4.69) is 41.2 Å². The number of halogens is 1. The van der Waals surface area contributed by atoms with Crippen molar-refractivity contribution in [2.24, 2.45) is 0 Å². The number of aromatic amines is 1. The minimum atomic E-state index is -0.00426. The first kappa shape index (κ1) is 19.0. The lowest BCUT2D eigenvalue weighted by Crippen LogP contribution is -2.38. The van der Waals surface area contributed by atoms with E-state index in [1.165, 1.54) is 11.1 Å². The Morgan fingerprint density at radius 1 is 1.21 bits per heavy atom. The molecule has 6 heteroatoms. The van der Waals surface area contributed by atoms with E-state index in [9.17, 15) is 4.79 Å². The van der Waals surface area contributed by atoms with E-state index in [-0.39, 0.29) is 5.91 Å². The van der Waals surface area contributed by atoms with E-state index >= 15 is 0 Å². The fourth-order valence-electron chi connectivity index (χ4n) is 3.82. The normalized spacial score (nSPS) is 15.8. The van der Waals surface area contributed by atoms with Crippen molar-refractivity contribution in [2.75, 3.05) is 25.0 Å². The second-order valence-corrected chi connectivity index (χ2v) is 8.12. The number of benzene rings is 2. The Hall–Kier alpha value is -2.37. The number of nitrogens with zero attached hydrogens (tertiary/aromatic N) is 2. The third kappa shape index (κ3) is 4.21. The molecule has 2 aromatic carbocycles. The molecule has 0 unspecified atom stereocenters. The number of nitrogens with one attached hydrogen (secondary N) is 2. The summed E-state index contributed by atoms with van der Waals surface area (Å²) in [5, 5.41) is 3.54. The van der Waals surface area contributed by atoms with E-state index in [1.54, 1.807) is 12.1 Å². The first-order valence-electron chi connectivity index (χ1n) is 9.72. The molecule has 0 atom stereocenters. The van der Waals surface area contributed by atoms with E-state index in [1.807, 2.05) is 12.1 Å². The van der Waals surface area contributed by atoms with Gasteiger partial charge in [0.2, 0.25) is 5.91 Å². The summed E-state index contributed by atoms with van der Waals surface area (Å²) in [6.45, 7) is 6.43. The van der Waals surface area contributed by atoms with E-state index in [0.717, 1.165) is 48.5 Å². The Balaban J connectivity index is 1.33. The smallest absolute Gasteiger partial charge is 0.238 e. The minimum absolute atomic E-state index is 0.00426. The lowest BCUT2D eigenvalue weighted by molar-refractivity contribution is -0.117. The third-order valence-corrected chi connectivity index (χ3v) is 5.80. The number of hydrogen-bond donors (Lipinski definition) is 2. The first-order valence-corrected chi connectivity index (χ1v) is 10.1. The number of likely N-dealkylation sites (tertiary alicyclic amines) is 1. The van der Waals surface area contributed by atoms with Gasteiger partial charge >= 0.3 is 0 Å². The standard InChI is InChI=1S/C22H25ClN4O/c1-14-10-19-20(11-15(14)2)26-22(25-19)16-6-8-27(9-7-16)13-21(28)24-18-5-3-4-17(23)12-18/h3-5,10-12,16H,6-9,13H2,1-2H3,(H,24,28)(H,25,26). The van der Waals surface area contributed by atoms with Crippen LogP contribution in [0.2, 0.25) is 5.02 Å². The van der Waals surface area contributed by atoms with Gasteiger partial charge in [0.25, 0.3) is 0 Å².